The van der Waals surface area contributed by atoms with E-state index in [4.69, 9.17) is 0 Å². The molecule has 28 aromatic rings. The Morgan fingerprint density at radius 1 is 0.115 bits per heavy atom. The van der Waals surface area contributed by atoms with Crippen LogP contribution in [-0.2, 0) is 0 Å². The van der Waals surface area contributed by atoms with Gasteiger partial charge in [0.05, 0.1) is 22.1 Å². The first-order chi connectivity index (χ1) is 64.5. The molecule has 0 aliphatic carbocycles. The van der Waals surface area contributed by atoms with E-state index in [1.54, 1.807) is 0 Å². The molecule has 2 heterocycles. The molecule has 28 rings (SSSR count). The van der Waals surface area contributed by atoms with Crippen LogP contribution in [0.4, 0.5) is 0 Å². The Hall–Kier alpha value is -17.0. The summed E-state index contributed by atoms with van der Waals surface area (Å²) in [4.78, 5) is 0. The van der Waals surface area contributed by atoms with Crippen LogP contribution < -0.4 is 0 Å². The van der Waals surface area contributed by atoms with Crippen molar-refractivity contribution in [3.63, 3.8) is 0 Å². The van der Waals surface area contributed by atoms with Crippen molar-refractivity contribution in [1.82, 2.24) is 9.13 Å². The van der Waals surface area contributed by atoms with Gasteiger partial charge in [-0.1, -0.05) is 382 Å². The Morgan fingerprint density at radius 2 is 0.362 bits per heavy atom. The molecule has 2 aromatic heterocycles. The van der Waals surface area contributed by atoms with Crippen LogP contribution in [-0.4, -0.2) is 9.13 Å². The Bertz CT molecular complexity index is 9420. The third kappa shape index (κ3) is 11.5. The summed E-state index contributed by atoms with van der Waals surface area (Å²) in [7, 11) is 0. The van der Waals surface area contributed by atoms with Crippen LogP contribution in [0.15, 0.2) is 473 Å². The van der Waals surface area contributed by atoms with Gasteiger partial charge in [0.1, 0.15) is 0 Å². The Labute approximate surface area is 749 Å². The van der Waals surface area contributed by atoms with E-state index in [9.17, 15) is 0 Å². The molecule has 0 amide bonds. The highest BCUT2D eigenvalue weighted by atomic mass is 15.0. The van der Waals surface area contributed by atoms with Gasteiger partial charge in [-0.05, 0) is 309 Å². The molecule has 0 aliphatic heterocycles. The molecule has 600 valence electrons. The number of aromatic nitrogens is 2. The molecular weight excluding hydrogens is 1570 g/mol. The van der Waals surface area contributed by atoms with E-state index in [2.05, 4.69) is 482 Å². The summed E-state index contributed by atoms with van der Waals surface area (Å²) in [6.45, 7) is 0. The van der Waals surface area contributed by atoms with Crippen molar-refractivity contribution < 1.29 is 0 Å². The van der Waals surface area contributed by atoms with Gasteiger partial charge in [0.15, 0.2) is 0 Å². The summed E-state index contributed by atoms with van der Waals surface area (Å²) in [5.74, 6) is 0. The van der Waals surface area contributed by atoms with Crippen LogP contribution in [0.1, 0.15) is 0 Å². The molecular formula is C128H78N2. The topological polar surface area (TPSA) is 9.86 Å². The summed E-state index contributed by atoms with van der Waals surface area (Å²) in [6.07, 6.45) is 0. The first-order valence-electron chi connectivity index (χ1n) is 45.2. The minimum absolute atomic E-state index is 1.14. The minimum Gasteiger partial charge on any atom is -0.309 e. The van der Waals surface area contributed by atoms with Crippen LogP contribution in [0.25, 0.3) is 273 Å². The highest BCUT2D eigenvalue weighted by molar-refractivity contribution is 6.32. The lowest BCUT2D eigenvalue weighted by atomic mass is 9.83. The average molecular weight is 1640 g/mol. The second-order valence-corrected chi connectivity index (χ2v) is 35.1. The zero-order valence-electron chi connectivity index (χ0n) is 70.9. The van der Waals surface area contributed by atoms with Crippen LogP contribution in [0.2, 0.25) is 0 Å². The average Bonchev–Trinajstić information content (AvgIpc) is 1.42. The second-order valence-electron chi connectivity index (χ2n) is 35.1. The molecule has 0 N–H and O–H groups in total. The van der Waals surface area contributed by atoms with E-state index in [0.29, 0.717) is 0 Å². The summed E-state index contributed by atoms with van der Waals surface area (Å²) in [6, 6.07) is 176. The number of fused-ring (bicyclic) bond motifs is 24. The van der Waals surface area contributed by atoms with Crippen LogP contribution >= 0.6 is 0 Å². The largest absolute Gasteiger partial charge is 0.309 e. The fourth-order valence-corrected chi connectivity index (χ4v) is 22.4. The maximum Gasteiger partial charge on any atom is 0.0547 e. The number of rotatable bonds is 8. The Morgan fingerprint density at radius 3 is 0.762 bits per heavy atom. The zero-order chi connectivity index (χ0) is 85.2. The van der Waals surface area contributed by atoms with Gasteiger partial charge in [-0.15, -0.1) is 0 Å². The zero-order valence-corrected chi connectivity index (χ0v) is 70.9. The Balaban J connectivity index is 0.000000134. The van der Waals surface area contributed by atoms with Gasteiger partial charge in [0, 0.05) is 32.9 Å². The summed E-state index contributed by atoms with van der Waals surface area (Å²) in [5, 5.41) is 40.3. The maximum atomic E-state index is 2.48. The third-order valence-electron chi connectivity index (χ3n) is 28.2. The van der Waals surface area contributed by atoms with Gasteiger partial charge in [-0.3, -0.25) is 0 Å². The van der Waals surface area contributed by atoms with Crippen molar-refractivity contribution >= 4 is 194 Å². The predicted molar refractivity (Wildman–Crippen MR) is 559 cm³/mol. The molecule has 0 bridgehead atoms. The number of hydrogen-bond acceptors (Lipinski definition) is 0. The van der Waals surface area contributed by atoms with E-state index in [1.807, 2.05) is 0 Å². The molecule has 0 atom stereocenters. The lowest BCUT2D eigenvalue weighted by molar-refractivity contribution is 1.18. The van der Waals surface area contributed by atoms with Gasteiger partial charge in [-0.25, -0.2) is 0 Å². The number of nitrogens with zero attached hydrogens (tertiary/aromatic N) is 2. The summed E-state index contributed by atoms with van der Waals surface area (Å²) < 4.78 is 4.93. The van der Waals surface area contributed by atoms with Crippen molar-refractivity contribution in [3.8, 4) is 78.1 Å². The van der Waals surface area contributed by atoms with E-state index < -0.39 is 0 Å². The molecule has 0 unspecified atom stereocenters. The van der Waals surface area contributed by atoms with Crippen molar-refractivity contribution in [2.45, 2.75) is 0 Å². The van der Waals surface area contributed by atoms with Gasteiger partial charge < -0.3 is 9.13 Å². The van der Waals surface area contributed by atoms with E-state index in [1.165, 1.54) is 261 Å². The fourth-order valence-electron chi connectivity index (χ4n) is 22.4. The van der Waals surface area contributed by atoms with Gasteiger partial charge >= 0.3 is 0 Å². The highest BCUT2D eigenvalue weighted by Gasteiger charge is 2.26. The first-order valence-corrected chi connectivity index (χ1v) is 45.2. The maximum absolute atomic E-state index is 2.48. The predicted octanol–water partition coefficient (Wildman–Crippen LogP) is 35.7. The minimum atomic E-state index is 1.14. The van der Waals surface area contributed by atoms with E-state index >= 15 is 0 Å². The molecule has 0 saturated carbocycles. The smallest absolute Gasteiger partial charge is 0.0547 e. The number of benzene rings is 26. The standard InChI is InChI=1S/2C64H39N/c1-2-16-44-37-47(26-25-40(44)13-1)62-55-24-12-11-23-54(55)60(56-34-29-48(39-57(56)62)61-52-21-9-5-17-45(52)38-46-18-6-10-22-53(46)61)43-27-32-49(33-28-43)65-58-35-30-41-14-3-7-19-50(41)63(58)64-51-20-8-4-15-42(51)31-36-59(64)65;1-2-15-44-37-49(25-24-40(44)12-1)62-55-22-10-9-21-54(55)61(56-33-28-48(39-58(56)62)51-23-11-18-47-36-45-16-3-4-17-46(45)38-57(47)51)43-26-31-50(32-27-43)65-59-34-29-41-13-5-7-19-52(41)63(59)64-53-20-8-6-14-42(53)30-35-60(64)65/h2*1-39H. The lowest BCUT2D eigenvalue weighted by Gasteiger charge is -2.20. The second kappa shape index (κ2) is 29.3. The highest BCUT2D eigenvalue weighted by Crippen LogP contribution is 2.52. The molecule has 0 radical (unpaired) electrons. The molecule has 26 aromatic carbocycles. The van der Waals surface area contributed by atoms with Crippen molar-refractivity contribution in [2.75, 3.05) is 0 Å². The SMILES string of the molecule is c1ccc2cc(-c3c4ccccc4c(-c4ccc(-n5c6ccc7ccccc7c6c6c7ccccc7ccc65)cc4)c4ccc(-c5c6ccccc6cc6ccccc56)cc34)ccc2c1.c1ccc2cc(-c3c4ccccc4c(-c4ccc(-n5c6ccc7ccccc7c6c6c7ccccc7ccc65)cc4)c4ccc(-c5cccc6cc7ccccc7cc56)cc34)ccc2c1. The molecule has 0 aliphatic rings. The Kier molecular flexibility index (Phi) is 16.5. The lowest BCUT2D eigenvalue weighted by Crippen LogP contribution is -1.95. The third-order valence-corrected chi connectivity index (χ3v) is 28.2. The molecule has 0 fully saturated rings. The van der Waals surface area contributed by atoms with Gasteiger partial charge in [0.25, 0.3) is 0 Å². The first kappa shape index (κ1) is 73.3. The molecule has 0 saturated heterocycles. The van der Waals surface area contributed by atoms with Crippen molar-refractivity contribution in [3.05, 3.63) is 473 Å². The normalized spacial score (nSPS) is 12.0. The quantitative estimate of drug-likeness (QED) is 0.134. The summed E-state index contributed by atoms with van der Waals surface area (Å²) >= 11 is 0. The van der Waals surface area contributed by atoms with Crippen LogP contribution in [0.3, 0.4) is 0 Å². The van der Waals surface area contributed by atoms with Crippen molar-refractivity contribution in [2.24, 2.45) is 0 Å². The summed E-state index contributed by atoms with van der Waals surface area (Å²) in [5.41, 5.74) is 22.0. The van der Waals surface area contributed by atoms with Crippen molar-refractivity contribution in [1.29, 1.82) is 0 Å². The van der Waals surface area contributed by atoms with E-state index in [-0.39, 0.29) is 0 Å². The fraction of sp³-hybridized carbons (Fsp3) is 0. The monoisotopic (exact) mass is 1640 g/mol. The van der Waals surface area contributed by atoms with Crippen LogP contribution in [0.5, 0.6) is 0 Å². The van der Waals surface area contributed by atoms with E-state index in [0.717, 1.165) is 11.4 Å². The molecule has 130 heavy (non-hydrogen) atoms. The van der Waals surface area contributed by atoms with Gasteiger partial charge in [-0.2, -0.15) is 0 Å². The van der Waals surface area contributed by atoms with Crippen LogP contribution in [0, 0.1) is 0 Å². The molecule has 2 heteroatoms. The molecule has 2 nitrogen and oxygen atoms in total. The van der Waals surface area contributed by atoms with Gasteiger partial charge in [0.2, 0.25) is 0 Å². The molecule has 0 spiro atoms. The number of hydrogen-bond donors (Lipinski definition) is 0.